The van der Waals surface area contributed by atoms with Crippen LogP contribution in [0.2, 0.25) is 0 Å². The van der Waals surface area contributed by atoms with E-state index in [1.54, 1.807) is 24.0 Å². The molecule has 0 aromatic heterocycles. The van der Waals surface area contributed by atoms with Gasteiger partial charge in [0.25, 0.3) is 5.91 Å². The number of morpholine rings is 1. The zero-order valence-corrected chi connectivity index (χ0v) is 11.9. The molecule has 0 saturated carbocycles. The molecule has 1 heterocycles. The predicted molar refractivity (Wildman–Crippen MR) is 71.0 cm³/mol. The summed E-state index contributed by atoms with van der Waals surface area (Å²) in [4.78, 5) is 14.2. The predicted octanol–water partition coefficient (Wildman–Crippen LogP) is 0.871. The lowest BCUT2D eigenvalue weighted by Crippen LogP contribution is -2.40. The molecule has 2 rings (SSSR count). The summed E-state index contributed by atoms with van der Waals surface area (Å²) in [5.74, 6) is -0.145. The van der Waals surface area contributed by atoms with Crippen molar-refractivity contribution in [3.8, 4) is 0 Å². The van der Waals surface area contributed by atoms with E-state index in [0.717, 1.165) is 6.26 Å². The minimum Gasteiger partial charge on any atom is -0.378 e. The molecule has 0 bridgehead atoms. The largest absolute Gasteiger partial charge is 0.378 e. The van der Waals surface area contributed by atoms with Crippen molar-refractivity contribution in [1.82, 2.24) is 4.90 Å². The summed E-state index contributed by atoms with van der Waals surface area (Å²) < 4.78 is 28.5. The third-order valence-corrected chi connectivity index (χ3v) is 4.37. The van der Waals surface area contributed by atoms with Crippen molar-refractivity contribution in [2.24, 2.45) is 0 Å². The van der Waals surface area contributed by atoms with Crippen LogP contribution >= 0.6 is 0 Å². The van der Waals surface area contributed by atoms with Gasteiger partial charge in [-0.1, -0.05) is 6.07 Å². The fourth-order valence-corrected chi connectivity index (χ4v) is 3.08. The fourth-order valence-electron chi connectivity index (χ4n) is 2.08. The highest BCUT2D eigenvalue weighted by Crippen LogP contribution is 2.18. The van der Waals surface area contributed by atoms with Crippen LogP contribution < -0.4 is 0 Å². The number of ether oxygens (including phenoxy) is 1. The summed E-state index contributed by atoms with van der Waals surface area (Å²) in [5.41, 5.74) is 1.06. The molecule has 1 amide bonds. The van der Waals surface area contributed by atoms with Gasteiger partial charge in [0.15, 0.2) is 9.84 Å². The van der Waals surface area contributed by atoms with Crippen LogP contribution in [-0.2, 0) is 14.6 Å². The zero-order valence-electron chi connectivity index (χ0n) is 11.0. The average Bonchev–Trinajstić information content (AvgIpc) is 2.38. The number of hydrogen-bond acceptors (Lipinski definition) is 4. The first kappa shape index (κ1) is 14.0. The van der Waals surface area contributed by atoms with Gasteiger partial charge >= 0.3 is 0 Å². The summed E-state index contributed by atoms with van der Waals surface area (Å²) in [6, 6.07) is 4.80. The lowest BCUT2D eigenvalue weighted by molar-refractivity contribution is 0.0302. The van der Waals surface area contributed by atoms with E-state index in [0.29, 0.717) is 37.4 Å². The first-order chi connectivity index (χ1) is 8.89. The molecule has 5 nitrogen and oxygen atoms in total. The molecule has 1 aromatic carbocycles. The van der Waals surface area contributed by atoms with Crippen LogP contribution in [0.3, 0.4) is 0 Å². The number of hydrogen-bond donors (Lipinski definition) is 0. The number of nitrogens with zero attached hydrogens (tertiary/aromatic N) is 1. The standard InChI is InChI=1S/C13H17NO4S/c1-10-3-4-11(9-12(10)19(2,16)17)13(15)14-5-7-18-8-6-14/h3-4,9H,5-8H2,1-2H3. The van der Waals surface area contributed by atoms with Crippen molar-refractivity contribution < 1.29 is 17.9 Å². The Morgan fingerprint density at radius 2 is 1.89 bits per heavy atom. The molecule has 6 heteroatoms. The Hall–Kier alpha value is -1.40. The van der Waals surface area contributed by atoms with Crippen molar-refractivity contribution in [3.05, 3.63) is 29.3 Å². The van der Waals surface area contributed by atoms with Crippen LogP contribution in [0.5, 0.6) is 0 Å². The van der Waals surface area contributed by atoms with Gasteiger partial charge in [-0.2, -0.15) is 0 Å². The second-order valence-corrected chi connectivity index (χ2v) is 6.64. The highest BCUT2D eigenvalue weighted by Gasteiger charge is 2.20. The first-order valence-electron chi connectivity index (χ1n) is 6.07. The van der Waals surface area contributed by atoms with Crippen molar-refractivity contribution in [2.45, 2.75) is 11.8 Å². The van der Waals surface area contributed by atoms with Gasteiger partial charge in [0.05, 0.1) is 18.1 Å². The van der Waals surface area contributed by atoms with Gasteiger partial charge in [0, 0.05) is 24.9 Å². The summed E-state index contributed by atoms with van der Waals surface area (Å²) in [6.45, 7) is 3.86. The monoisotopic (exact) mass is 283 g/mol. The molecular weight excluding hydrogens is 266 g/mol. The molecule has 0 spiro atoms. The van der Waals surface area contributed by atoms with E-state index in [1.807, 2.05) is 0 Å². The Morgan fingerprint density at radius 3 is 2.47 bits per heavy atom. The summed E-state index contributed by atoms with van der Waals surface area (Å²) in [5, 5.41) is 0. The van der Waals surface area contributed by atoms with E-state index >= 15 is 0 Å². The molecule has 1 aliphatic rings. The number of aryl methyl sites for hydroxylation is 1. The molecule has 1 aromatic rings. The third-order valence-electron chi connectivity index (χ3n) is 3.13. The van der Waals surface area contributed by atoms with Crippen molar-refractivity contribution >= 4 is 15.7 Å². The topological polar surface area (TPSA) is 63.7 Å². The van der Waals surface area contributed by atoms with Gasteiger partial charge in [0.1, 0.15) is 0 Å². The number of carbonyl (C=O) groups is 1. The minimum atomic E-state index is -3.32. The number of amides is 1. The Balaban J connectivity index is 2.33. The molecule has 0 atom stereocenters. The molecule has 0 radical (unpaired) electrons. The molecule has 0 N–H and O–H groups in total. The second kappa shape index (κ2) is 5.30. The molecule has 1 fully saturated rings. The van der Waals surface area contributed by atoms with Crippen LogP contribution in [0.1, 0.15) is 15.9 Å². The molecule has 0 aliphatic carbocycles. The molecular formula is C13H17NO4S. The van der Waals surface area contributed by atoms with Gasteiger partial charge in [-0.25, -0.2) is 8.42 Å². The van der Waals surface area contributed by atoms with E-state index in [2.05, 4.69) is 0 Å². The smallest absolute Gasteiger partial charge is 0.254 e. The highest BCUT2D eigenvalue weighted by atomic mass is 32.2. The number of carbonyl (C=O) groups excluding carboxylic acids is 1. The average molecular weight is 283 g/mol. The van der Waals surface area contributed by atoms with Crippen LogP contribution in [0.25, 0.3) is 0 Å². The lowest BCUT2D eigenvalue weighted by Gasteiger charge is -2.27. The van der Waals surface area contributed by atoms with Gasteiger partial charge in [0.2, 0.25) is 0 Å². The minimum absolute atomic E-state index is 0.145. The SMILES string of the molecule is Cc1ccc(C(=O)N2CCOCC2)cc1S(C)(=O)=O. The van der Waals surface area contributed by atoms with E-state index in [1.165, 1.54) is 6.07 Å². The van der Waals surface area contributed by atoms with Crippen molar-refractivity contribution in [3.63, 3.8) is 0 Å². The third kappa shape index (κ3) is 3.13. The molecule has 1 saturated heterocycles. The highest BCUT2D eigenvalue weighted by molar-refractivity contribution is 7.90. The molecule has 104 valence electrons. The number of rotatable bonds is 2. The Labute approximate surface area is 113 Å². The maximum atomic E-state index is 12.3. The molecule has 1 aliphatic heterocycles. The Morgan fingerprint density at radius 1 is 1.26 bits per heavy atom. The fraction of sp³-hybridized carbons (Fsp3) is 0.462. The van der Waals surface area contributed by atoms with E-state index < -0.39 is 9.84 Å². The summed E-state index contributed by atoms with van der Waals surface area (Å²) >= 11 is 0. The summed E-state index contributed by atoms with van der Waals surface area (Å²) in [7, 11) is -3.32. The van der Waals surface area contributed by atoms with Crippen molar-refractivity contribution in [1.29, 1.82) is 0 Å². The van der Waals surface area contributed by atoms with Gasteiger partial charge < -0.3 is 9.64 Å². The van der Waals surface area contributed by atoms with Crippen LogP contribution in [0, 0.1) is 6.92 Å². The van der Waals surface area contributed by atoms with Crippen molar-refractivity contribution in [2.75, 3.05) is 32.6 Å². The summed E-state index contributed by atoms with van der Waals surface area (Å²) in [6.07, 6.45) is 1.15. The number of sulfone groups is 1. The van der Waals surface area contributed by atoms with E-state index in [-0.39, 0.29) is 10.8 Å². The first-order valence-corrected chi connectivity index (χ1v) is 7.96. The Kier molecular flexibility index (Phi) is 3.91. The van der Waals surface area contributed by atoms with Gasteiger partial charge in [-0.05, 0) is 24.6 Å². The van der Waals surface area contributed by atoms with Gasteiger partial charge in [-0.15, -0.1) is 0 Å². The van der Waals surface area contributed by atoms with Crippen LogP contribution in [0.4, 0.5) is 0 Å². The number of benzene rings is 1. The maximum Gasteiger partial charge on any atom is 0.254 e. The maximum absolute atomic E-state index is 12.3. The van der Waals surface area contributed by atoms with Crippen LogP contribution in [0.15, 0.2) is 23.1 Å². The van der Waals surface area contributed by atoms with E-state index in [4.69, 9.17) is 4.74 Å². The Bertz CT molecular complexity index is 589. The quantitative estimate of drug-likeness (QED) is 0.808. The van der Waals surface area contributed by atoms with Gasteiger partial charge in [-0.3, -0.25) is 4.79 Å². The van der Waals surface area contributed by atoms with Crippen LogP contribution in [-0.4, -0.2) is 51.8 Å². The normalized spacial score (nSPS) is 16.4. The second-order valence-electron chi connectivity index (χ2n) is 4.66. The molecule has 19 heavy (non-hydrogen) atoms. The van der Waals surface area contributed by atoms with E-state index in [9.17, 15) is 13.2 Å². The molecule has 0 unspecified atom stereocenters. The lowest BCUT2D eigenvalue weighted by atomic mass is 10.1. The zero-order chi connectivity index (χ0) is 14.0.